The van der Waals surface area contributed by atoms with Crippen molar-refractivity contribution in [3.63, 3.8) is 0 Å². The number of hydrogen-bond acceptors (Lipinski definition) is 4. The van der Waals surface area contributed by atoms with E-state index in [1.807, 2.05) is 25.7 Å². The molecule has 0 bridgehead atoms. The molecule has 5 aliphatic rings. The first-order valence-electron chi connectivity index (χ1n) is 12.6. The van der Waals surface area contributed by atoms with Crippen LogP contribution in [0.2, 0.25) is 0 Å². The molecule has 2 aromatic rings. The third-order valence-corrected chi connectivity index (χ3v) is 8.72. The lowest BCUT2D eigenvalue weighted by atomic mass is 9.60. The number of alkyl halides is 3. The molecule has 11 heteroatoms. The maximum Gasteiger partial charge on any atom is 0.416 e. The van der Waals surface area contributed by atoms with Crippen LogP contribution in [0.25, 0.3) is 0 Å². The van der Waals surface area contributed by atoms with Crippen molar-refractivity contribution in [2.24, 2.45) is 10.8 Å². The molecule has 0 N–H and O–H groups in total. The van der Waals surface area contributed by atoms with E-state index in [0.29, 0.717) is 31.1 Å². The molecule has 192 valence electrons. The zero-order chi connectivity index (χ0) is 24.9. The molecule has 7 nitrogen and oxygen atoms in total. The number of likely N-dealkylation sites (tertiary alicyclic amines) is 3. The lowest BCUT2D eigenvalue weighted by Gasteiger charge is -2.63. The largest absolute Gasteiger partial charge is 0.416 e. The minimum Gasteiger partial charge on any atom is -0.323 e. The van der Waals surface area contributed by atoms with Crippen molar-refractivity contribution in [1.29, 1.82) is 0 Å². The standard InChI is InChI=1S/C25H28F4N6O/c26-20-5-18(25(27,28)29)4-3-17(20)8-32-9-24(10-32)13-34(14-24)22(36)33-11-23(12-33)6-19(7-23)35-15-30-21(31-35)16-1-2-16/h3-5,15-16,19H,1-2,6-14H2. The normalized spacial score (nSPS) is 24.9. The molecule has 3 saturated heterocycles. The maximum atomic E-state index is 14.2. The molecular formula is C25H28F4N6O. The summed E-state index contributed by atoms with van der Waals surface area (Å²) in [4.78, 5) is 23.2. The lowest BCUT2D eigenvalue weighted by molar-refractivity contribution is -0.137. The van der Waals surface area contributed by atoms with Gasteiger partial charge in [-0.05, 0) is 37.8 Å². The Hall–Kier alpha value is -2.69. The molecular weight excluding hydrogens is 476 g/mol. The van der Waals surface area contributed by atoms with Crippen LogP contribution in [0.15, 0.2) is 24.5 Å². The molecule has 36 heavy (non-hydrogen) atoms. The first kappa shape index (κ1) is 22.5. The lowest BCUT2D eigenvalue weighted by Crippen LogP contribution is -2.75. The molecule has 2 saturated carbocycles. The smallest absolute Gasteiger partial charge is 0.323 e. The molecule has 2 aliphatic carbocycles. The van der Waals surface area contributed by atoms with Gasteiger partial charge in [0, 0.05) is 68.1 Å². The van der Waals surface area contributed by atoms with Gasteiger partial charge in [0.15, 0.2) is 5.82 Å². The number of amides is 2. The second kappa shape index (κ2) is 7.43. The van der Waals surface area contributed by atoms with E-state index in [1.165, 1.54) is 18.9 Å². The van der Waals surface area contributed by atoms with Gasteiger partial charge in [0.25, 0.3) is 0 Å². The third-order valence-electron chi connectivity index (χ3n) is 8.72. The van der Waals surface area contributed by atoms with Crippen molar-refractivity contribution in [1.82, 2.24) is 29.5 Å². The van der Waals surface area contributed by atoms with Crippen LogP contribution in [0.3, 0.4) is 0 Å². The molecule has 5 fully saturated rings. The Balaban J connectivity index is 0.850. The topological polar surface area (TPSA) is 57.5 Å². The number of carbonyl (C=O) groups is 1. The number of rotatable bonds is 4. The van der Waals surface area contributed by atoms with Crippen molar-refractivity contribution in [2.45, 2.75) is 50.4 Å². The van der Waals surface area contributed by atoms with Gasteiger partial charge < -0.3 is 9.80 Å². The Morgan fingerprint density at radius 1 is 1.00 bits per heavy atom. The Kier molecular flexibility index (Phi) is 4.64. The monoisotopic (exact) mass is 504 g/mol. The highest BCUT2D eigenvalue weighted by Gasteiger charge is 2.58. The van der Waals surface area contributed by atoms with Gasteiger partial charge >= 0.3 is 12.2 Å². The van der Waals surface area contributed by atoms with Gasteiger partial charge in [-0.2, -0.15) is 18.3 Å². The van der Waals surface area contributed by atoms with E-state index >= 15 is 0 Å². The molecule has 4 heterocycles. The summed E-state index contributed by atoms with van der Waals surface area (Å²) in [5.74, 6) is 0.714. The zero-order valence-electron chi connectivity index (χ0n) is 19.8. The quantitative estimate of drug-likeness (QED) is 0.593. The van der Waals surface area contributed by atoms with Crippen molar-refractivity contribution in [3.8, 4) is 0 Å². The summed E-state index contributed by atoms with van der Waals surface area (Å²) in [6.07, 6.45) is 1.80. The van der Waals surface area contributed by atoms with E-state index in [0.717, 1.165) is 50.9 Å². The summed E-state index contributed by atoms with van der Waals surface area (Å²) in [6.45, 7) is 4.71. The molecule has 0 atom stereocenters. The van der Waals surface area contributed by atoms with Gasteiger partial charge in [0.05, 0.1) is 11.6 Å². The molecule has 2 amide bonds. The van der Waals surface area contributed by atoms with Gasteiger partial charge in [-0.15, -0.1) is 0 Å². The summed E-state index contributed by atoms with van der Waals surface area (Å²) >= 11 is 0. The van der Waals surface area contributed by atoms with Crippen LogP contribution in [0, 0.1) is 16.6 Å². The fraction of sp³-hybridized carbons (Fsp3) is 0.640. The molecule has 2 spiro atoms. The summed E-state index contributed by atoms with van der Waals surface area (Å²) in [7, 11) is 0. The van der Waals surface area contributed by atoms with Gasteiger partial charge in [-0.3, -0.25) is 4.90 Å². The van der Waals surface area contributed by atoms with Crippen LogP contribution >= 0.6 is 0 Å². The SMILES string of the molecule is O=C(N1CC2(CC(n3cnc(C4CC4)n3)C2)C1)N1CC2(CN(Cc3ccc(C(F)(F)F)cc3F)C2)C1. The molecule has 1 aromatic heterocycles. The first-order chi connectivity index (χ1) is 17.1. The van der Waals surface area contributed by atoms with Crippen LogP contribution in [0.1, 0.15) is 54.6 Å². The average Bonchev–Trinajstić information content (AvgIpc) is 3.44. The Bertz CT molecular complexity index is 1200. The van der Waals surface area contributed by atoms with Crippen molar-refractivity contribution < 1.29 is 22.4 Å². The molecule has 0 unspecified atom stereocenters. The second-order valence-corrected chi connectivity index (χ2v) is 11.9. The summed E-state index contributed by atoms with van der Waals surface area (Å²) in [5, 5.41) is 4.65. The van der Waals surface area contributed by atoms with Crippen LogP contribution in [-0.4, -0.2) is 74.8 Å². The van der Waals surface area contributed by atoms with E-state index in [4.69, 9.17) is 0 Å². The number of carbonyl (C=O) groups excluding carboxylic acids is 1. The fourth-order valence-corrected chi connectivity index (χ4v) is 6.68. The second-order valence-electron chi connectivity index (χ2n) is 11.9. The highest BCUT2D eigenvalue weighted by molar-refractivity contribution is 5.77. The van der Waals surface area contributed by atoms with Crippen molar-refractivity contribution >= 4 is 6.03 Å². The van der Waals surface area contributed by atoms with Crippen LogP contribution in [0.4, 0.5) is 22.4 Å². The Morgan fingerprint density at radius 3 is 2.28 bits per heavy atom. The van der Waals surface area contributed by atoms with E-state index in [9.17, 15) is 22.4 Å². The minimum absolute atomic E-state index is 0.0362. The molecule has 1 aromatic carbocycles. The fourth-order valence-electron chi connectivity index (χ4n) is 6.68. The van der Waals surface area contributed by atoms with E-state index < -0.39 is 17.6 Å². The molecule has 0 radical (unpaired) electrons. The first-order valence-corrected chi connectivity index (χ1v) is 12.6. The predicted octanol–water partition coefficient (Wildman–Crippen LogP) is 3.89. The van der Waals surface area contributed by atoms with Gasteiger partial charge in [0.1, 0.15) is 12.1 Å². The Morgan fingerprint density at radius 2 is 1.67 bits per heavy atom. The highest BCUT2D eigenvalue weighted by atomic mass is 19.4. The minimum atomic E-state index is -4.55. The Labute approximate surface area is 206 Å². The van der Waals surface area contributed by atoms with E-state index in [-0.39, 0.29) is 29.0 Å². The van der Waals surface area contributed by atoms with E-state index in [1.54, 1.807) is 0 Å². The number of hydrogen-bond donors (Lipinski definition) is 0. The maximum absolute atomic E-state index is 14.2. The van der Waals surface area contributed by atoms with Crippen LogP contribution in [0.5, 0.6) is 0 Å². The molecule has 3 aliphatic heterocycles. The third kappa shape index (κ3) is 3.69. The van der Waals surface area contributed by atoms with Gasteiger partial charge in [-0.1, -0.05) is 6.07 Å². The average molecular weight is 505 g/mol. The van der Waals surface area contributed by atoms with Crippen molar-refractivity contribution in [3.05, 3.63) is 47.3 Å². The predicted molar refractivity (Wildman–Crippen MR) is 120 cm³/mol. The number of halogens is 4. The number of nitrogens with zero attached hydrogens (tertiary/aromatic N) is 6. The summed E-state index contributed by atoms with van der Waals surface area (Å²) in [5.41, 5.74) is -0.435. The van der Waals surface area contributed by atoms with Crippen molar-refractivity contribution in [2.75, 3.05) is 39.3 Å². The number of benzene rings is 1. The zero-order valence-corrected chi connectivity index (χ0v) is 19.8. The van der Waals surface area contributed by atoms with Crippen LogP contribution < -0.4 is 0 Å². The van der Waals surface area contributed by atoms with E-state index in [2.05, 4.69) is 10.1 Å². The van der Waals surface area contributed by atoms with Crippen LogP contribution in [-0.2, 0) is 12.7 Å². The summed E-state index contributed by atoms with van der Waals surface area (Å²) < 4.78 is 54.4. The highest BCUT2D eigenvalue weighted by Crippen LogP contribution is 2.54. The number of aromatic nitrogens is 3. The van der Waals surface area contributed by atoms with Gasteiger partial charge in [-0.25, -0.2) is 18.9 Å². The number of urea groups is 1. The molecule has 7 rings (SSSR count). The summed E-state index contributed by atoms with van der Waals surface area (Å²) in [6, 6.07) is 3.21. The van der Waals surface area contributed by atoms with Gasteiger partial charge in [0.2, 0.25) is 0 Å².